The summed E-state index contributed by atoms with van der Waals surface area (Å²) in [7, 11) is -3.19. The molecule has 26 heavy (non-hydrogen) atoms. The maximum absolute atomic E-state index is 12.1. The molecule has 0 saturated carbocycles. The highest BCUT2D eigenvalue weighted by atomic mass is 32.2. The summed E-state index contributed by atoms with van der Waals surface area (Å²) in [6.07, 6.45) is 2.55. The molecule has 0 unspecified atom stereocenters. The molecule has 0 bridgehead atoms. The van der Waals surface area contributed by atoms with Crippen LogP contribution in [0.25, 0.3) is 0 Å². The van der Waals surface area contributed by atoms with Gasteiger partial charge in [-0.15, -0.1) is 0 Å². The smallest absolute Gasteiger partial charge is 0.343 e. The number of hydrogen-bond acceptors (Lipinski definition) is 8. The lowest BCUT2D eigenvalue weighted by molar-refractivity contribution is 0.178. The van der Waals surface area contributed by atoms with Crippen molar-refractivity contribution < 1.29 is 17.9 Å². The SMILES string of the molecule is CS(=O)(=O)N1CCN(Cc2c(O)c(CN3CCSCC3)coc2=O)CC1. The maximum atomic E-state index is 12.1. The molecule has 2 aliphatic heterocycles. The highest BCUT2D eigenvalue weighted by molar-refractivity contribution is 7.99. The van der Waals surface area contributed by atoms with Crippen molar-refractivity contribution in [3.63, 3.8) is 0 Å². The predicted molar refractivity (Wildman–Crippen MR) is 101 cm³/mol. The summed E-state index contributed by atoms with van der Waals surface area (Å²) in [4.78, 5) is 16.3. The van der Waals surface area contributed by atoms with Crippen LogP contribution >= 0.6 is 11.8 Å². The fourth-order valence-electron chi connectivity index (χ4n) is 3.24. The summed E-state index contributed by atoms with van der Waals surface area (Å²) < 4.78 is 29.8. The second-order valence-electron chi connectivity index (χ2n) is 6.70. The molecule has 8 nitrogen and oxygen atoms in total. The Kier molecular flexibility index (Phi) is 6.29. The van der Waals surface area contributed by atoms with Crippen LogP contribution in [-0.2, 0) is 23.1 Å². The lowest BCUT2D eigenvalue weighted by atomic mass is 10.1. The molecule has 0 spiro atoms. The minimum absolute atomic E-state index is 0.00465. The van der Waals surface area contributed by atoms with Crippen molar-refractivity contribution in [2.75, 3.05) is 57.0 Å². The van der Waals surface area contributed by atoms with E-state index < -0.39 is 15.6 Å². The van der Waals surface area contributed by atoms with Gasteiger partial charge in [-0.2, -0.15) is 16.1 Å². The van der Waals surface area contributed by atoms with Crippen molar-refractivity contribution in [3.05, 3.63) is 27.8 Å². The average molecular weight is 404 g/mol. The summed E-state index contributed by atoms with van der Waals surface area (Å²) in [5, 5.41) is 10.6. The second-order valence-corrected chi connectivity index (χ2v) is 9.91. The monoisotopic (exact) mass is 403 g/mol. The first kappa shape index (κ1) is 19.7. The first-order valence-electron chi connectivity index (χ1n) is 8.64. The van der Waals surface area contributed by atoms with Gasteiger partial charge >= 0.3 is 5.63 Å². The van der Waals surface area contributed by atoms with Gasteiger partial charge < -0.3 is 9.52 Å². The largest absolute Gasteiger partial charge is 0.507 e. The van der Waals surface area contributed by atoms with Gasteiger partial charge in [0.2, 0.25) is 10.0 Å². The van der Waals surface area contributed by atoms with E-state index >= 15 is 0 Å². The predicted octanol–water partition coefficient (Wildman–Crippen LogP) is -0.0286. The molecule has 0 amide bonds. The molecule has 1 aromatic rings. The van der Waals surface area contributed by atoms with Gasteiger partial charge in [0.1, 0.15) is 12.0 Å². The summed E-state index contributed by atoms with van der Waals surface area (Å²) in [6, 6.07) is 0. The highest BCUT2D eigenvalue weighted by Crippen LogP contribution is 2.24. The van der Waals surface area contributed by atoms with Crippen molar-refractivity contribution in [1.82, 2.24) is 14.1 Å². The van der Waals surface area contributed by atoms with Crippen LogP contribution in [0.15, 0.2) is 15.5 Å². The molecule has 1 aromatic heterocycles. The Balaban J connectivity index is 1.68. The quantitative estimate of drug-likeness (QED) is 0.733. The summed E-state index contributed by atoms with van der Waals surface area (Å²) in [5.74, 6) is 2.13. The molecule has 2 fully saturated rings. The molecule has 10 heteroatoms. The van der Waals surface area contributed by atoms with Crippen molar-refractivity contribution >= 4 is 21.8 Å². The molecule has 0 aromatic carbocycles. The Labute approximate surface area is 157 Å². The summed E-state index contributed by atoms with van der Waals surface area (Å²) in [6.45, 7) is 4.52. The van der Waals surface area contributed by atoms with Crippen LogP contribution in [-0.4, -0.2) is 84.7 Å². The molecule has 0 aliphatic carbocycles. The molecule has 146 valence electrons. The third-order valence-electron chi connectivity index (χ3n) is 4.82. The summed E-state index contributed by atoms with van der Waals surface area (Å²) in [5.41, 5.74) is 0.342. The van der Waals surface area contributed by atoms with Gasteiger partial charge in [-0.3, -0.25) is 9.80 Å². The fourth-order valence-corrected chi connectivity index (χ4v) is 5.04. The van der Waals surface area contributed by atoms with E-state index in [1.54, 1.807) is 0 Å². The Bertz CT molecular complexity index is 782. The number of nitrogens with zero attached hydrogens (tertiary/aromatic N) is 3. The van der Waals surface area contributed by atoms with E-state index in [1.807, 2.05) is 16.7 Å². The number of piperazine rings is 1. The van der Waals surface area contributed by atoms with Crippen LogP contribution in [0.3, 0.4) is 0 Å². The molecule has 3 heterocycles. The normalized spacial score (nSPS) is 21.1. The minimum atomic E-state index is -3.19. The lowest BCUT2D eigenvalue weighted by Gasteiger charge is -2.33. The van der Waals surface area contributed by atoms with Crippen LogP contribution in [0.2, 0.25) is 0 Å². The van der Waals surface area contributed by atoms with Gasteiger partial charge in [0.25, 0.3) is 0 Å². The van der Waals surface area contributed by atoms with Crippen LogP contribution in [0.1, 0.15) is 11.1 Å². The number of hydrogen-bond donors (Lipinski definition) is 1. The molecule has 1 N–H and O–H groups in total. The van der Waals surface area contributed by atoms with Crippen LogP contribution in [0.4, 0.5) is 0 Å². The van der Waals surface area contributed by atoms with E-state index in [0.29, 0.717) is 38.3 Å². The maximum Gasteiger partial charge on any atom is 0.343 e. The molecule has 2 aliphatic rings. The van der Waals surface area contributed by atoms with Crippen LogP contribution in [0, 0.1) is 0 Å². The number of sulfonamides is 1. The molecule has 2 saturated heterocycles. The van der Waals surface area contributed by atoms with E-state index in [0.717, 1.165) is 24.6 Å². The van der Waals surface area contributed by atoms with Gasteiger partial charge in [0.05, 0.1) is 11.8 Å². The molecule has 0 radical (unpaired) electrons. The first-order chi connectivity index (χ1) is 12.3. The van der Waals surface area contributed by atoms with Crippen molar-refractivity contribution in [3.8, 4) is 5.75 Å². The van der Waals surface area contributed by atoms with E-state index in [2.05, 4.69) is 4.90 Å². The van der Waals surface area contributed by atoms with E-state index in [1.165, 1.54) is 16.8 Å². The van der Waals surface area contributed by atoms with Crippen LogP contribution < -0.4 is 5.63 Å². The number of rotatable bonds is 5. The van der Waals surface area contributed by atoms with Gasteiger partial charge in [-0.05, 0) is 0 Å². The van der Waals surface area contributed by atoms with Crippen molar-refractivity contribution in [1.29, 1.82) is 0 Å². The zero-order valence-electron chi connectivity index (χ0n) is 14.9. The van der Waals surface area contributed by atoms with E-state index in [4.69, 9.17) is 4.42 Å². The number of thioether (sulfide) groups is 1. The van der Waals surface area contributed by atoms with E-state index in [9.17, 15) is 18.3 Å². The van der Waals surface area contributed by atoms with Crippen LogP contribution in [0.5, 0.6) is 5.75 Å². The molecular formula is C16H25N3O5S2. The standard InChI is InChI=1S/C16H25N3O5S2/c1-26(22,23)19-4-2-17(3-5-19)11-14-15(20)13(12-24-16(14)21)10-18-6-8-25-9-7-18/h12,20H,2-11H2,1H3. The Morgan fingerprint density at radius 1 is 1.08 bits per heavy atom. The topological polar surface area (TPSA) is 94.3 Å². The third kappa shape index (κ3) is 4.80. The zero-order valence-corrected chi connectivity index (χ0v) is 16.5. The lowest BCUT2D eigenvalue weighted by Crippen LogP contribution is -2.48. The average Bonchev–Trinajstić information content (AvgIpc) is 2.62. The van der Waals surface area contributed by atoms with Gasteiger partial charge in [0, 0.05) is 69.4 Å². The van der Waals surface area contributed by atoms with E-state index in [-0.39, 0.29) is 17.9 Å². The Morgan fingerprint density at radius 3 is 2.31 bits per heavy atom. The first-order valence-corrected chi connectivity index (χ1v) is 11.6. The highest BCUT2D eigenvalue weighted by Gasteiger charge is 2.25. The molecule has 3 rings (SSSR count). The Hall–Kier alpha value is -1.07. The minimum Gasteiger partial charge on any atom is -0.507 e. The van der Waals surface area contributed by atoms with Crippen molar-refractivity contribution in [2.45, 2.75) is 13.1 Å². The summed E-state index contributed by atoms with van der Waals surface area (Å²) >= 11 is 1.91. The van der Waals surface area contributed by atoms with Gasteiger partial charge in [0.15, 0.2) is 0 Å². The number of aromatic hydroxyl groups is 1. The molecule has 0 atom stereocenters. The zero-order chi connectivity index (χ0) is 18.7. The Morgan fingerprint density at radius 2 is 1.69 bits per heavy atom. The molecular weight excluding hydrogens is 378 g/mol. The van der Waals surface area contributed by atoms with Gasteiger partial charge in [-0.1, -0.05) is 0 Å². The van der Waals surface area contributed by atoms with Crippen molar-refractivity contribution in [2.24, 2.45) is 0 Å². The second kappa shape index (κ2) is 8.30. The van der Waals surface area contributed by atoms with Gasteiger partial charge in [-0.25, -0.2) is 13.2 Å². The fraction of sp³-hybridized carbons (Fsp3) is 0.688. The third-order valence-corrected chi connectivity index (χ3v) is 7.07.